The molecule has 0 amide bonds. The van der Waals surface area contributed by atoms with E-state index >= 15 is 0 Å². The average Bonchev–Trinajstić information content (AvgIpc) is 2.57. The number of hydrogen-bond acceptors (Lipinski definition) is 3. The van der Waals surface area contributed by atoms with Crippen molar-refractivity contribution in [3.63, 3.8) is 0 Å². The Morgan fingerprint density at radius 3 is 2.65 bits per heavy atom. The molecule has 1 unspecified atom stereocenters. The Kier molecular flexibility index (Phi) is 3.24. The Morgan fingerprint density at radius 1 is 1.29 bits per heavy atom. The van der Waals surface area contributed by atoms with E-state index in [0.29, 0.717) is 12.1 Å². The molecule has 0 saturated carbocycles. The third kappa shape index (κ3) is 2.71. The first-order valence-corrected chi connectivity index (χ1v) is 5.67. The lowest BCUT2D eigenvalue weighted by atomic mass is 10.1. The van der Waals surface area contributed by atoms with Crippen molar-refractivity contribution in [2.45, 2.75) is 26.4 Å². The van der Waals surface area contributed by atoms with Crippen LogP contribution in [-0.2, 0) is 13.5 Å². The first kappa shape index (κ1) is 11.8. The van der Waals surface area contributed by atoms with Gasteiger partial charge in [-0.3, -0.25) is 9.67 Å². The Bertz CT molecular complexity index is 519. The fourth-order valence-electron chi connectivity index (χ4n) is 1.91. The second kappa shape index (κ2) is 4.67. The Labute approximate surface area is 101 Å². The summed E-state index contributed by atoms with van der Waals surface area (Å²) in [7, 11) is 1.89. The highest BCUT2D eigenvalue weighted by atomic mass is 16.3. The molecule has 2 aromatic rings. The van der Waals surface area contributed by atoms with Gasteiger partial charge in [-0.25, -0.2) is 0 Å². The lowest BCUT2D eigenvalue weighted by Gasteiger charge is -2.10. The van der Waals surface area contributed by atoms with E-state index in [1.54, 1.807) is 4.68 Å². The SMILES string of the molecule is Cc1cccc(C(O)Cc2cc(C)nn2C)n1. The van der Waals surface area contributed by atoms with Crippen molar-refractivity contribution in [1.29, 1.82) is 0 Å². The fraction of sp³-hybridized carbons (Fsp3) is 0.385. The van der Waals surface area contributed by atoms with Crippen LogP contribution in [0.5, 0.6) is 0 Å². The standard InChI is InChI=1S/C13H17N3O/c1-9-5-4-6-12(14-9)13(17)8-11-7-10(2)15-16(11)3/h4-7,13,17H,8H2,1-3H3. The minimum absolute atomic E-state index is 0.536. The molecule has 0 radical (unpaired) electrons. The van der Waals surface area contributed by atoms with Crippen LogP contribution in [0.25, 0.3) is 0 Å². The number of aryl methyl sites for hydroxylation is 3. The third-order valence-electron chi connectivity index (χ3n) is 2.75. The zero-order valence-electron chi connectivity index (χ0n) is 10.4. The first-order valence-electron chi connectivity index (χ1n) is 5.67. The maximum Gasteiger partial charge on any atom is 0.101 e. The number of hydrogen-bond donors (Lipinski definition) is 1. The van der Waals surface area contributed by atoms with Gasteiger partial charge in [0.15, 0.2) is 0 Å². The van der Waals surface area contributed by atoms with Crippen molar-refractivity contribution >= 4 is 0 Å². The Morgan fingerprint density at radius 2 is 2.06 bits per heavy atom. The van der Waals surface area contributed by atoms with Gasteiger partial charge in [-0.05, 0) is 32.0 Å². The van der Waals surface area contributed by atoms with Gasteiger partial charge in [-0.15, -0.1) is 0 Å². The lowest BCUT2D eigenvalue weighted by molar-refractivity contribution is 0.171. The molecule has 1 N–H and O–H groups in total. The predicted octanol–water partition coefficient (Wildman–Crippen LogP) is 1.71. The van der Waals surface area contributed by atoms with Gasteiger partial charge in [-0.2, -0.15) is 5.10 Å². The van der Waals surface area contributed by atoms with Crippen LogP contribution in [0.2, 0.25) is 0 Å². The smallest absolute Gasteiger partial charge is 0.101 e. The van der Waals surface area contributed by atoms with E-state index in [0.717, 1.165) is 17.1 Å². The van der Waals surface area contributed by atoms with E-state index < -0.39 is 6.10 Å². The molecular formula is C13H17N3O. The summed E-state index contributed by atoms with van der Waals surface area (Å²) in [5, 5.41) is 14.4. The molecule has 2 aromatic heterocycles. The quantitative estimate of drug-likeness (QED) is 0.874. The molecule has 2 rings (SSSR count). The summed E-state index contributed by atoms with van der Waals surface area (Å²) in [4.78, 5) is 4.33. The molecule has 0 spiro atoms. The molecule has 0 aliphatic heterocycles. The Balaban J connectivity index is 2.16. The van der Waals surface area contributed by atoms with Gasteiger partial charge in [0.05, 0.1) is 11.4 Å². The van der Waals surface area contributed by atoms with Crippen LogP contribution in [0.3, 0.4) is 0 Å². The minimum atomic E-state index is -0.579. The second-order valence-electron chi connectivity index (χ2n) is 4.32. The molecule has 0 fully saturated rings. The van der Waals surface area contributed by atoms with E-state index in [9.17, 15) is 5.11 Å². The number of aromatic nitrogens is 3. The van der Waals surface area contributed by atoms with Crippen molar-refractivity contribution in [2.24, 2.45) is 7.05 Å². The summed E-state index contributed by atoms with van der Waals surface area (Å²) in [6, 6.07) is 7.67. The fourth-order valence-corrected chi connectivity index (χ4v) is 1.91. The van der Waals surface area contributed by atoms with Gasteiger partial charge in [0.2, 0.25) is 0 Å². The van der Waals surface area contributed by atoms with Gasteiger partial charge in [0, 0.05) is 24.9 Å². The normalized spacial score (nSPS) is 12.7. The number of aliphatic hydroxyl groups excluding tert-OH is 1. The molecule has 4 nitrogen and oxygen atoms in total. The molecular weight excluding hydrogens is 214 g/mol. The van der Waals surface area contributed by atoms with Gasteiger partial charge in [0.1, 0.15) is 6.10 Å². The largest absolute Gasteiger partial charge is 0.386 e. The zero-order valence-corrected chi connectivity index (χ0v) is 10.4. The maximum atomic E-state index is 10.1. The van der Waals surface area contributed by atoms with Crippen LogP contribution < -0.4 is 0 Å². The highest BCUT2D eigenvalue weighted by Gasteiger charge is 2.13. The van der Waals surface area contributed by atoms with Crippen molar-refractivity contribution in [3.8, 4) is 0 Å². The second-order valence-corrected chi connectivity index (χ2v) is 4.32. The monoisotopic (exact) mass is 231 g/mol. The van der Waals surface area contributed by atoms with E-state index in [4.69, 9.17) is 0 Å². The summed E-state index contributed by atoms with van der Waals surface area (Å²) in [5.74, 6) is 0. The highest BCUT2D eigenvalue weighted by molar-refractivity contribution is 5.16. The van der Waals surface area contributed by atoms with Crippen LogP contribution in [0.15, 0.2) is 24.3 Å². The summed E-state index contributed by atoms with van der Waals surface area (Å²) < 4.78 is 1.80. The van der Waals surface area contributed by atoms with E-state index in [-0.39, 0.29) is 0 Å². The summed E-state index contributed by atoms with van der Waals surface area (Å²) >= 11 is 0. The number of nitrogens with zero attached hydrogens (tertiary/aromatic N) is 3. The van der Waals surface area contributed by atoms with E-state index in [2.05, 4.69) is 10.1 Å². The first-order chi connectivity index (χ1) is 8.06. The molecule has 4 heteroatoms. The topological polar surface area (TPSA) is 50.9 Å². The van der Waals surface area contributed by atoms with Crippen LogP contribution in [-0.4, -0.2) is 19.9 Å². The maximum absolute atomic E-state index is 10.1. The molecule has 0 aromatic carbocycles. The van der Waals surface area contributed by atoms with Crippen molar-refractivity contribution in [1.82, 2.24) is 14.8 Å². The zero-order chi connectivity index (χ0) is 12.4. The van der Waals surface area contributed by atoms with Crippen LogP contribution in [0.1, 0.15) is 28.9 Å². The van der Waals surface area contributed by atoms with E-state index in [1.165, 1.54) is 0 Å². The molecule has 0 aliphatic rings. The minimum Gasteiger partial charge on any atom is -0.386 e. The number of pyridine rings is 1. The lowest BCUT2D eigenvalue weighted by Crippen LogP contribution is -2.08. The number of aliphatic hydroxyl groups is 1. The molecule has 17 heavy (non-hydrogen) atoms. The van der Waals surface area contributed by atoms with Gasteiger partial charge in [-0.1, -0.05) is 6.07 Å². The molecule has 90 valence electrons. The molecule has 0 saturated heterocycles. The average molecular weight is 231 g/mol. The van der Waals surface area contributed by atoms with E-state index in [1.807, 2.05) is 45.2 Å². The summed E-state index contributed by atoms with van der Waals surface area (Å²) in [5.41, 5.74) is 3.61. The molecule has 1 atom stereocenters. The van der Waals surface area contributed by atoms with Gasteiger partial charge < -0.3 is 5.11 Å². The summed E-state index contributed by atoms with van der Waals surface area (Å²) in [6.45, 7) is 3.87. The van der Waals surface area contributed by atoms with Crippen LogP contribution in [0, 0.1) is 13.8 Å². The van der Waals surface area contributed by atoms with Gasteiger partial charge >= 0.3 is 0 Å². The van der Waals surface area contributed by atoms with Crippen LogP contribution in [0.4, 0.5) is 0 Å². The van der Waals surface area contributed by atoms with Crippen LogP contribution >= 0.6 is 0 Å². The van der Waals surface area contributed by atoms with Gasteiger partial charge in [0.25, 0.3) is 0 Å². The number of rotatable bonds is 3. The highest BCUT2D eigenvalue weighted by Crippen LogP contribution is 2.16. The van der Waals surface area contributed by atoms with Crippen molar-refractivity contribution in [2.75, 3.05) is 0 Å². The van der Waals surface area contributed by atoms with Crippen molar-refractivity contribution in [3.05, 3.63) is 47.0 Å². The molecule has 0 bridgehead atoms. The summed E-state index contributed by atoms with van der Waals surface area (Å²) in [6.07, 6.45) is -0.0435. The predicted molar refractivity (Wildman–Crippen MR) is 65.6 cm³/mol. The third-order valence-corrected chi connectivity index (χ3v) is 2.75. The molecule has 0 aliphatic carbocycles. The Hall–Kier alpha value is -1.68. The molecule has 2 heterocycles. The van der Waals surface area contributed by atoms with Crippen molar-refractivity contribution < 1.29 is 5.11 Å².